The van der Waals surface area contributed by atoms with Crippen LogP contribution in [0.4, 0.5) is 11.5 Å². The van der Waals surface area contributed by atoms with Gasteiger partial charge in [0.2, 0.25) is 0 Å². The fourth-order valence-electron chi connectivity index (χ4n) is 3.01. The summed E-state index contributed by atoms with van der Waals surface area (Å²) in [4.78, 5) is 23.4. The first kappa shape index (κ1) is 19.5. The van der Waals surface area contributed by atoms with E-state index in [4.69, 9.17) is 0 Å². The predicted octanol–water partition coefficient (Wildman–Crippen LogP) is 4.66. The maximum atomic E-state index is 12.6. The van der Waals surface area contributed by atoms with Crippen LogP contribution in [0.25, 0.3) is 0 Å². The molecule has 3 rings (SSSR count). The van der Waals surface area contributed by atoms with Crippen molar-refractivity contribution in [1.82, 2.24) is 9.97 Å². The second-order valence-electron chi connectivity index (χ2n) is 7.85. The first-order valence-electron chi connectivity index (χ1n) is 9.32. The Morgan fingerprint density at radius 3 is 2.29 bits per heavy atom. The Bertz CT molecular complexity index is 931. The van der Waals surface area contributed by atoms with Gasteiger partial charge in [0.05, 0.1) is 12.4 Å². The smallest absolute Gasteiger partial charge is 0.275 e. The third-order valence-corrected chi connectivity index (χ3v) is 4.51. The van der Waals surface area contributed by atoms with Gasteiger partial charge in [0.25, 0.3) is 5.91 Å². The van der Waals surface area contributed by atoms with E-state index in [1.807, 2.05) is 54.4 Å². The number of amides is 1. The molecular formula is C23H26N4O. The second-order valence-corrected chi connectivity index (χ2v) is 7.85. The summed E-state index contributed by atoms with van der Waals surface area (Å²) in [6.45, 7) is 7.08. The van der Waals surface area contributed by atoms with Gasteiger partial charge in [-0.05, 0) is 22.6 Å². The van der Waals surface area contributed by atoms with Crippen LogP contribution >= 0.6 is 0 Å². The lowest BCUT2D eigenvalue weighted by molar-refractivity contribution is 0.102. The number of carbonyl (C=O) groups is 1. The van der Waals surface area contributed by atoms with E-state index in [0.717, 1.165) is 23.6 Å². The van der Waals surface area contributed by atoms with E-state index in [2.05, 4.69) is 48.2 Å². The average molecular weight is 374 g/mol. The zero-order valence-electron chi connectivity index (χ0n) is 16.8. The molecule has 28 heavy (non-hydrogen) atoms. The van der Waals surface area contributed by atoms with Crippen molar-refractivity contribution < 1.29 is 4.79 Å². The highest BCUT2D eigenvalue weighted by atomic mass is 16.1. The van der Waals surface area contributed by atoms with Gasteiger partial charge in [0, 0.05) is 19.3 Å². The predicted molar refractivity (Wildman–Crippen MR) is 114 cm³/mol. The fraction of sp³-hybridized carbons (Fsp3) is 0.261. The molecule has 1 heterocycles. The van der Waals surface area contributed by atoms with Crippen LogP contribution in [0, 0.1) is 0 Å². The SMILES string of the molecule is CN(Cc1ccccc1)c1cnc(C(=O)Nc2ccccc2C(C)(C)C)cn1. The zero-order valence-corrected chi connectivity index (χ0v) is 16.8. The largest absolute Gasteiger partial charge is 0.354 e. The molecule has 0 aliphatic rings. The third-order valence-electron chi connectivity index (χ3n) is 4.51. The Hall–Kier alpha value is -3.21. The molecule has 0 atom stereocenters. The van der Waals surface area contributed by atoms with Crippen molar-refractivity contribution in [2.24, 2.45) is 0 Å². The van der Waals surface area contributed by atoms with Gasteiger partial charge in [-0.15, -0.1) is 0 Å². The van der Waals surface area contributed by atoms with Crippen LogP contribution in [-0.2, 0) is 12.0 Å². The van der Waals surface area contributed by atoms with Crippen molar-refractivity contribution in [2.75, 3.05) is 17.3 Å². The van der Waals surface area contributed by atoms with Gasteiger partial charge in [0.1, 0.15) is 11.5 Å². The lowest BCUT2D eigenvalue weighted by atomic mass is 9.86. The Morgan fingerprint density at radius 2 is 1.64 bits per heavy atom. The highest BCUT2D eigenvalue weighted by molar-refractivity contribution is 6.03. The number of benzene rings is 2. The molecule has 0 aliphatic heterocycles. The first-order valence-corrected chi connectivity index (χ1v) is 9.32. The second kappa shape index (κ2) is 8.21. The molecule has 0 aliphatic carbocycles. The average Bonchev–Trinajstić information content (AvgIpc) is 2.68. The van der Waals surface area contributed by atoms with Crippen molar-refractivity contribution in [1.29, 1.82) is 0 Å². The van der Waals surface area contributed by atoms with Crippen LogP contribution in [0.15, 0.2) is 67.0 Å². The molecule has 0 unspecified atom stereocenters. The van der Waals surface area contributed by atoms with Gasteiger partial charge in [0.15, 0.2) is 0 Å². The van der Waals surface area contributed by atoms with Gasteiger partial charge in [-0.1, -0.05) is 69.3 Å². The van der Waals surface area contributed by atoms with E-state index in [0.29, 0.717) is 5.69 Å². The van der Waals surface area contributed by atoms with E-state index in [9.17, 15) is 4.79 Å². The molecule has 0 bridgehead atoms. The first-order chi connectivity index (χ1) is 13.3. The normalized spacial score (nSPS) is 11.1. The minimum Gasteiger partial charge on any atom is -0.354 e. The van der Waals surface area contributed by atoms with E-state index < -0.39 is 0 Å². The van der Waals surface area contributed by atoms with Crippen LogP contribution in [0.5, 0.6) is 0 Å². The molecule has 0 radical (unpaired) electrons. The monoisotopic (exact) mass is 374 g/mol. The Kier molecular flexibility index (Phi) is 5.73. The molecule has 0 fully saturated rings. The molecule has 1 aromatic heterocycles. The topological polar surface area (TPSA) is 58.1 Å². The Labute approximate surface area is 166 Å². The molecule has 0 spiro atoms. The van der Waals surface area contributed by atoms with Crippen LogP contribution < -0.4 is 10.2 Å². The molecular weight excluding hydrogens is 348 g/mol. The van der Waals surface area contributed by atoms with Crippen LogP contribution in [0.3, 0.4) is 0 Å². The van der Waals surface area contributed by atoms with Crippen LogP contribution in [0.1, 0.15) is 42.4 Å². The minimum absolute atomic E-state index is 0.0699. The molecule has 0 saturated carbocycles. The van der Waals surface area contributed by atoms with E-state index in [1.165, 1.54) is 11.8 Å². The van der Waals surface area contributed by atoms with Crippen molar-refractivity contribution in [2.45, 2.75) is 32.7 Å². The number of aromatic nitrogens is 2. The maximum Gasteiger partial charge on any atom is 0.275 e. The van der Waals surface area contributed by atoms with Crippen molar-refractivity contribution in [3.8, 4) is 0 Å². The molecule has 5 nitrogen and oxygen atoms in total. The Morgan fingerprint density at radius 1 is 0.964 bits per heavy atom. The molecule has 1 amide bonds. The summed E-state index contributed by atoms with van der Waals surface area (Å²) in [5, 5.41) is 2.97. The third kappa shape index (κ3) is 4.74. The van der Waals surface area contributed by atoms with Gasteiger partial charge in [-0.25, -0.2) is 9.97 Å². The lowest BCUT2D eigenvalue weighted by Gasteiger charge is -2.23. The summed E-state index contributed by atoms with van der Waals surface area (Å²) in [6, 6.07) is 18.0. The molecule has 0 saturated heterocycles. The number of nitrogens with one attached hydrogen (secondary N) is 1. The number of anilines is 2. The fourth-order valence-corrected chi connectivity index (χ4v) is 3.01. The highest BCUT2D eigenvalue weighted by Crippen LogP contribution is 2.29. The summed E-state index contributed by atoms with van der Waals surface area (Å²) >= 11 is 0. The van der Waals surface area contributed by atoms with Crippen LogP contribution in [0.2, 0.25) is 0 Å². The minimum atomic E-state index is -0.263. The summed E-state index contributed by atoms with van der Waals surface area (Å²) in [5.41, 5.74) is 3.29. The van der Waals surface area contributed by atoms with Crippen molar-refractivity contribution in [3.05, 3.63) is 83.8 Å². The van der Waals surface area contributed by atoms with Gasteiger partial charge < -0.3 is 10.2 Å². The van der Waals surface area contributed by atoms with Crippen LogP contribution in [-0.4, -0.2) is 22.9 Å². The number of carbonyl (C=O) groups excluding carboxylic acids is 1. The molecule has 5 heteroatoms. The van der Waals surface area contributed by atoms with E-state index in [1.54, 1.807) is 6.20 Å². The Balaban J connectivity index is 1.71. The molecule has 3 aromatic rings. The quantitative estimate of drug-likeness (QED) is 0.705. The van der Waals surface area contributed by atoms with E-state index in [-0.39, 0.29) is 11.3 Å². The number of hydrogen-bond donors (Lipinski definition) is 1. The maximum absolute atomic E-state index is 12.6. The molecule has 1 N–H and O–H groups in total. The zero-order chi connectivity index (χ0) is 20.1. The van der Waals surface area contributed by atoms with Gasteiger partial charge in [-0.2, -0.15) is 0 Å². The summed E-state index contributed by atoms with van der Waals surface area (Å²) in [6.07, 6.45) is 3.15. The number of rotatable bonds is 5. The lowest BCUT2D eigenvalue weighted by Crippen LogP contribution is -2.21. The summed E-state index contributed by atoms with van der Waals surface area (Å²) in [7, 11) is 1.95. The highest BCUT2D eigenvalue weighted by Gasteiger charge is 2.19. The molecule has 144 valence electrons. The summed E-state index contributed by atoms with van der Waals surface area (Å²) < 4.78 is 0. The van der Waals surface area contributed by atoms with Crippen molar-refractivity contribution >= 4 is 17.4 Å². The number of para-hydroxylation sites is 1. The van der Waals surface area contributed by atoms with Crippen molar-refractivity contribution in [3.63, 3.8) is 0 Å². The number of nitrogens with zero attached hydrogens (tertiary/aromatic N) is 3. The van der Waals surface area contributed by atoms with Gasteiger partial charge in [-0.3, -0.25) is 4.79 Å². The number of hydrogen-bond acceptors (Lipinski definition) is 4. The standard InChI is InChI=1S/C23H26N4O/c1-23(2,3)18-12-8-9-13-19(18)26-22(28)20-14-25-21(15-24-20)27(4)16-17-10-6-5-7-11-17/h5-15H,16H2,1-4H3,(H,26,28). The van der Waals surface area contributed by atoms with E-state index >= 15 is 0 Å². The summed E-state index contributed by atoms with van der Waals surface area (Å²) in [5.74, 6) is 0.456. The molecule has 2 aromatic carbocycles. The van der Waals surface area contributed by atoms with Gasteiger partial charge >= 0.3 is 0 Å².